The molecule has 58 heavy (non-hydrogen) atoms. The van der Waals surface area contributed by atoms with Crippen LogP contribution in [0.15, 0.2) is 12.2 Å². The monoisotopic (exact) mass is 820 g/mol. The zero-order valence-electron chi connectivity index (χ0n) is 39.2. The average molecular weight is 820 g/mol. The summed E-state index contributed by atoms with van der Waals surface area (Å²) in [5.74, 6) is -0.468. The lowest BCUT2D eigenvalue weighted by Gasteiger charge is -2.24. The molecule has 0 aromatic carbocycles. The normalized spacial score (nSPS) is 13.3. The minimum Gasteiger partial charge on any atom is -0.462 e. The van der Waals surface area contributed by atoms with E-state index in [-0.39, 0.29) is 24.9 Å². The number of aliphatic hydroxyl groups excluding tert-OH is 2. The van der Waals surface area contributed by atoms with Crippen LogP contribution in [0, 0.1) is 0 Å². The average Bonchev–Trinajstić information content (AvgIpc) is 3.22. The summed E-state index contributed by atoms with van der Waals surface area (Å²) in [6.45, 7) is 6.47. The van der Waals surface area contributed by atoms with Gasteiger partial charge in [0.2, 0.25) is 5.91 Å². The van der Waals surface area contributed by atoms with Crippen LogP contribution < -0.4 is 5.32 Å². The SMILES string of the molecule is CCCC/C=C\CCCCCCCC(=O)OC(CCCCCCCCCCCCCCCCCC)CC(=O)NC(CO)C(O)CCCCCCCCCCCCCC. The fourth-order valence-electron chi connectivity index (χ4n) is 8.12. The van der Waals surface area contributed by atoms with Crippen LogP contribution in [-0.4, -0.2) is 46.9 Å². The number of unbranched alkanes of at least 4 members (excludes halogenated alkanes) is 33. The van der Waals surface area contributed by atoms with Gasteiger partial charge in [0, 0.05) is 6.42 Å². The van der Waals surface area contributed by atoms with Gasteiger partial charge < -0.3 is 20.3 Å². The van der Waals surface area contributed by atoms with Crippen LogP contribution in [0.3, 0.4) is 0 Å². The lowest BCUT2D eigenvalue weighted by molar-refractivity contribution is -0.151. The molecule has 0 saturated carbocycles. The van der Waals surface area contributed by atoms with Crippen molar-refractivity contribution in [2.45, 2.75) is 302 Å². The van der Waals surface area contributed by atoms with E-state index in [9.17, 15) is 19.8 Å². The quantitative estimate of drug-likeness (QED) is 0.0323. The minimum absolute atomic E-state index is 0.0814. The Morgan fingerprint density at radius 2 is 0.845 bits per heavy atom. The number of allylic oxidation sites excluding steroid dienone is 2. The lowest BCUT2D eigenvalue weighted by Crippen LogP contribution is -2.46. The van der Waals surface area contributed by atoms with Gasteiger partial charge in [0.1, 0.15) is 6.10 Å². The van der Waals surface area contributed by atoms with Crippen LogP contribution in [0.4, 0.5) is 0 Å². The van der Waals surface area contributed by atoms with Gasteiger partial charge in [-0.25, -0.2) is 0 Å². The molecule has 0 aromatic heterocycles. The first-order chi connectivity index (χ1) is 28.5. The molecular formula is C52H101NO5. The van der Waals surface area contributed by atoms with Crippen molar-refractivity contribution in [1.29, 1.82) is 0 Å². The molecule has 6 heteroatoms. The van der Waals surface area contributed by atoms with Crippen LogP contribution in [0.1, 0.15) is 284 Å². The van der Waals surface area contributed by atoms with E-state index < -0.39 is 18.2 Å². The second kappa shape index (κ2) is 46.7. The maximum Gasteiger partial charge on any atom is 0.306 e. The summed E-state index contributed by atoms with van der Waals surface area (Å²) in [7, 11) is 0. The zero-order chi connectivity index (χ0) is 42.4. The van der Waals surface area contributed by atoms with Crippen molar-refractivity contribution in [3.8, 4) is 0 Å². The molecule has 344 valence electrons. The first-order valence-electron chi connectivity index (χ1n) is 25.9. The third-order valence-electron chi connectivity index (χ3n) is 12.1. The third kappa shape index (κ3) is 41.3. The maximum absolute atomic E-state index is 13.2. The molecule has 0 aliphatic carbocycles. The molecule has 0 rings (SSSR count). The molecule has 0 aromatic rings. The standard InChI is InChI=1S/C52H101NO5/c1-4-7-10-13-16-19-22-24-25-26-27-29-31-34-37-40-43-48(58-52(57)45-42-39-36-33-28-21-18-15-12-9-6-3)46-51(56)53-49(47-54)50(55)44-41-38-35-32-30-23-20-17-14-11-8-5-2/h15,18,48-50,54-55H,4-14,16-17,19-47H2,1-3H3,(H,53,56)/b18-15-. The Bertz CT molecular complexity index is 878. The fraction of sp³-hybridized carbons (Fsp3) is 0.923. The van der Waals surface area contributed by atoms with Crippen LogP contribution in [0.2, 0.25) is 0 Å². The molecule has 0 spiro atoms. The predicted molar refractivity (Wildman–Crippen MR) is 250 cm³/mol. The third-order valence-corrected chi connectivity index (χ3v) is 12.1. The molecule has 3 N–H and O–H groups in total. The molecule has 0 radical (unpaired) electrons. The Hall–Kier alpha value is -1.40. The predicted octanol–water partition coefficient (Wildman–Crippen LogP) is 15.3. The molecule has 0 saturated heterocycles. The van der Waals surface area contributed by atoms with Crippen molar-refractivity contribution in [3.63, 3.8) is 0 Å². The lowest BCUT2D eigenvalue weighted by atomic mass is 10.0. The number of carbonyl (C=O) groups excluding carboxylic acids is 2. The Labute approximate surface area is 361 Å². The van der Waals surface area contributed by atoms with Crippen LogP contribution in [0.25, 0.3) is 0 Å². The highest BCUT2D eigenvalue weighted by Gasteiger charge is 2.24. The van der Waals surface area contributed by atoms with Gasteiger partial charge >= 0.3 is 5.97 Å². The summed E-state index contributed by atoms with van der Waals surface area (Å²) < 4.78 is 5.93. The molecule has 3 unspecified atom stereocenters. The Morgan fingerprint density at radius 1 is 0.483 bits per heavy atom. The van der Waals surface area contributed by atoms with E-state index >= 15 is 0 Å². The van der Waals surface area contributed by atoms with Crippen molar-refractivity contribution >= 4 is 11.9 Å². The van der Waals surface area contributed by atoms with Gasteiger partial charge in [0.15, 0.2) is 0 Å². The maximum atomic E-state index is 13.2. The van der Waals surface area contributed by atoms with Gasteiger partial charge in [-0.3, -0.25) is 9.59 Å². The van der Waals surface area contributed by atoms with E-state index in [2.05, 4.69) is 38.2 Å². The highest BCUT2D eigenvalue weighted by molar-refractivity contribution is 5.77. The molecule has 0 aliphatic rings. The summed E-state index contributed by atoms with van der Waals surface area (Å²) in [4.78, 5) is 26.1. The number of ether oxygens (including phenoxy) is 1. The summed E-state index contributed by atoms with van der Waals surface area (Å²) in [6.07, 6.45) is 51.3. The number of amides is 1. The summed E-state index contributed by atoms with van der Waals surface area (Å²) in [6, 6.07) is -0.695. The van der Waals surface area contributed by atoms with E-state index in [1.807, 2.05) is 0 Å². The van der Waals surface area contributed by atoms with Crippen LogP contribution in [-0.2, 0) is 14.3 Å². The van der Waals surface area contributed by atoms with E-state index in [1.165, 1.54) is 186 Å². The number of hydrogen-bond donors (Lipinski definition) is 3. The molecule has 6 nitrogen and oxygen atoms in total. The molecular weight excluding hydrogens is 719 g/mol. The molecule has 0 bridgehead atoms. The Morgan fingerprint density at radius 3 is 1.28 bits per heavy atom. The van der Waals surface area contributed by atoms with Crippen molar-refractivity contribution in [2.75, 3.05) is 6.61 Å². The van der Waals surface area contributed by atoms with E-state index in [0.717, 1.165) is 51.4 Å². The number of carbonyl (C=O) groups is 2. The van der Waals surface area contributed by atoms with Gasteiger partial charge in [-0.15, -0.1) is 0 Å². The van der Waals surface area contributed by atoms with Gasteiger partial charge in [-0.2, -0.15) is 0 Å². The largest absolute Gasteiger partial charge is 0.462 e. The number of esters is 1. The first-order valence-corrected chi connectivity index (χ1v) is 25.9. The van der Waals surface area contributed by atoms with Gasteiger partial charge in [-0.05, 0) is 44.9 Å². The first kappa shape index (κ1) is 56.6. The summed E-state index contributed by atoms with van der Waals surface area (Å²) >= 11 is 0. The summed E-state index contributed by atoms with van der Waals surface area (Å²) in [5.41, 5.74) is 0. The number of rotatable bonds is 47. The molecule has 3 atom stereocenters. The Kier molecular flexibility index (Phi) is 45.5. The topological polar surface area (TPSA) is 95.9 Å². The number of hydrogen-bond acceptors (Lipinski definition) is 5. The fourth-order valence-corrected chi connectivity index (χ4v) is 8.12. The van der Waals surface area contributed by atoms with Crippen molar-refractivity contribution in [3.05, 3.63) is 12.2 Å². The van der Waals surface area contributed by atoms with Gasteiger partial charge in [0.05, 0.1) is 25.2 Å². The minimum atomic E-state index is -0.782. The number of nitrogens with one attached hydrogen (secondary N) is 1. The second-order valence-electron chi connectivity index (χ2n) is 17.9. The van der Waals surface area contributed by atoms with Crippen LogP contribution >= 0.6 is 0 Å². The van der Waals surface area contributed by atoms with Crippen LogP contribution in [0.5, 0.6) is 0 Å². The highest BCUT2D eigenvalue weighted by atomic mass is 16.5. The molecule has 0 fully saturated rings. The smallest absolute Gasteiger partial charge is 0.306 e. The molecule has 1 amide bonds. The number of aliphatic hydroxyl groups is 2. The van der Waals surface area contributed by atoms with Crippen molar-refractivity contribution in [1.82, 2.24) is 5.32 Å². The van der Waals surface area contributed by atoms with E-state index in [4.69, 9.17) is 4.74 Å². The van der Waals surface area contributed by atoms with Crippen molar-refractivity contribution in [2.24, 2.45) is 0 Å². The zero-order valence-corrected chi connectivity index (χ0v) is 39.2. The second-order valence-corrected chi connectivity index (χ2v) is 17.9. The van der Waals surface area contributed by atoms with E-state index in [0.29, 0.717) is 19.3 Å². The molecule has 0 aliphatic heterocycles. The summed E-state index contributed by atoms with van der Waals surface area (Å²) in [5, 5.41) is 23.7. The van der Waals surface area contributed by atoms with Crippen molar-refractivity contribution < 1.29 is 24.5 Å². The Balaban J connectivity index is 4.53. The highest BCUT2D eigenvalue weighted by Crippen LogP contribution is 2.18. The van der Waals surface area contributed by atoms with Gasteiger partial charge in [0.25, 0.3) is 0 Å². The molecule has 0 heterocycles. The van der Waals surface area contributed by atoms with E-state index in [1.54, 1.807) is 0 Å². The van der Waals surface area contributed by atoms with Gasteiger partial charge in [-0.1, -0.05) is 238 Å².